The van der Waals surface area contributed by atoms with Crippen LogP contribution in [0.1, 0.15) is 34.6 Å². The molecule has 1 atom stereocenters. The average Bonchev–Trinajstić information content (AvgIpc) is 2.89. The highest BCUT2D eigenvalue weighted by Crippen LogP contribution is 2.18. The van der Waals surface area contributed by atoms with Crippen molar-refractivity contribution >= 4 is 17.0 Å². The van der Waals surface area contributed by atoms with Crippen molar-refractivity contribution in [2.75, 3.05) is 0 Å². The number of benzene rings is 1. The van der Waals surface area contributed by atoms with Gasteiger partial charge in [-0.1, -0.05) is 35.5 Å². The van der Waals surface area contributed by atoms with Crippen LogP contribution in [0.15, 0.2) is 47.1 Å². The van der Waals surface area contributed by atoms with Crippen LogP contribution >= 0.6 is 0 Å². The molecule has 0 spiro atoms. The Morgan fingerprint density at radius 2 is 2.05 bits per heavy atom. The first-order chi connectivity index (χ1) is 10.1. The molecule has 0 saturated heterocycles. The molecule has 5 nitrogen and oxygen atoms in total. The molecule has 21 heavy (non-hydrogen) atoms. The maximum atomic E-state index is 12.3. The molecule has 0 fully saturated rings. The van der Waals surface area contributed by atoms with Crippen molar-refractivity contribution in [1.82, 2.24) is 15.5 Å². The summed E-state index contributed by atoms with van der Waals surface area (Å²) in [5.41, 5.74) is 2.72. The van der Waals surface area contributed by atoms with Crippen molar-refractivity contribution in [3.05, 3.63) is 59.4 Å². The monoisotopic (exact) mass is 281 g/mol. The molecule has 2 heterocycles. The lowest BCUT2D eigenvalue weighted by molar-refractivity contribution is 0.0939. The maximum Gasteiger partial charge on any atom is 0.257 e. The van der Waals surface area contributed by atoms with Gasteiger partial charge in [0.05, 0.1) is 22.7 Å². The summed E-state index contributed by atoms with van der Waals surface area (Å²) in [6.07, 6.45) is 1.50. The van der Waals surface area contributed by atoms with Gasteiger partial charge in [-0.3, -0.25) is 4.79 Å². The summed E-state index contributed by atoms with van der Waals surface area (Å²) in [5, 5.41) is 7.55. The van der Waals surface area contributed by atoms with E-state index in [1.165, 1.54) is 6.20 Å². The molecule has 0 aliphatic rings. The number of hydrogen-bond acceptors (Lipinski definition) is 4. The first kappa shape index (κ1) is 13.3. The van der Waals surface area contributed by atoms with E-state index in [9.17, 15) is 4.79 Å². The van der Waals surface area contributed by atoms with Gasteiger partial charge in [-0.05, 0) is 25.5 Å². The summed E-state index contributed by atoms with van der Waals surface area (Å²) in [6.45, 7) is 3.77. The van der Waals surface area contributed by atoms with Gasteiger partial charge in [0.1, 0.15) is 0 Å². The molecule has 1 aromatic carbocycles. The van der Waals surface area contributed by atoms with Crippen LogP contribution in [0.3, 0.4) is 0 Å². The van der Waals surface area contributed by atoms with Gasteiger partial charge in [-0.15, -0.1) is 0 Å². The van der Waals surface area contributed by atoms with Crippen LogP contribution < -0.4 is 5.32 Å². The van der Waals surface area contributed by atoms with Crippen LogP contribution in [0.25, 0.3) is 11.1 Å². The van der Waals surface area contributed by atoms with Gasteiger partial charge in [0, 0.05) is 6.20 Å². The summed E-state index contributed by atoms with van der Waals surface area (Å²) in [4.78, 5) is 16.4. The fourth-order valence-electron chi connectivity index (χ4n) is 2.17. The van der Waals surface area contributed by atoms with E-state index < -0.39 is 0 Å². The Kier molecular flexibility index (Phi) is 3.39. The van der Waals surface area contributed by atoms with E-state index in [2.05, 4.69) is 15.5 Å². The Bertz CT molecular complexity index is 781. The van der Waals surface area contributed by atoms with Gasteiger partial charge in [-0.25, -0.2) is 4.98 Å². The molecular weight excluding hydrogens is 266 g/mol. The lowest BCUT2D eigenvalue weighted by Gasteiger charge is -2.14. The van der Waals surface area contributed by atoms with Crippen LogP contribution in [-0.4, -0.2) is 16.0 Å². The Balaban J connectivity index is 1.82. The molecule has 1 N–H and O–H groups in total. The topological polar surface area (TPSA) is 68.0 Å². The zero-order chi connectivity index (χ0) is 14.8. The van der Waals surface area contributed by atoms with Crippen molar-refractivity contribution in [3.63, 3.8) is 0 Å². The predicted molar refractivity (Wildman–Crippen MR) is 78.9 cm³/mol. The van der Waals surface area contributed by atoms with Gasteiger partial charge in [0.25, 0.3) is 11.6 Å². The normalized spacial score (nSPS) is 12.3. The molecule has 106 valence electrons. The third-order valence-electron chi connectivity index (χ3n) is 3.42. The number of carbonyl (C=O) groups excluding carboxylic acids is 1. The van der Waals surface area contributed by atoms with Crippen LogP contribution in [0.4, 0.5) is 0 Å². The molecule has 2 aromatic heterocycles. The minimum absolute atomic E-state index is 0.0713. The number of hydrogen-bond donors (Lipinski definition) is 1. The number of nitrogens with one attached hydrogen (secondary N) is 1. The quantitative estimate of drug-likeness (QED) is 0.801. The summed E-state index contributed by atoms with van der Waals surface area (Å²) < 4.78 is 5.04. The van der Waals surface area contributed by atoms with Crippen molar-refractivity contribution < 1.29 is 9.32 Å². The van der Waals surface area contributed by atoms with E-state index in [0.717, 1.165) is 16.6 Å². The summed E-state index contributed by atoms with van der Waals surface area (Å²) in [7, 11) is 0. The second-order valence-electron chi connectivity index (χ2n) is 4.95. The highest BCUT2D eigenvalue weighted by molar-refractivity contribution is 5.97. The number of carbonyl (C=O) groups is 1. The second-order valence-corrected chi connectivity index (χ2v) is 4.95. The van der Waals surface area contributed by atoms with Crippen LogP contribution in [0, 0.1) is 6.92 Å². The number of aromatic nitrogens is 2. The Labute approximate surface area is 122 Å². The average molecular weight is 281 g/mol. The van der Waals surface area contributed by atoms with Crippen LogP contribution in [0.2, 0.25) is 0 Å². The SMILES string of the molecule is Cc1noc2ncc(C(=O)N[C@H](C)c3ccccc3)cc12. The van der Waals surface area contributed by atoms with E-state index in [1.54, 1.807) is 6.07 Å². The second kappa shape index (κ2) is 5.36. The Morgan fingerprint density at radius 1 is 1.29 bits per heavy atom. The molecular formula is C16H15N3O2. The minimum Gasteiger partial charge on any atom is -0.345 e. The summed E-state index contributed by atoms with van der Waals surface area (Å²) in [6, 6.07) is 11.5. The van der Waals surface area contributed by atoms with Gasteiger partial charge in [0.2, 0.25) is 0 Å². The molecule has 0 aliphatic heterocycles. The maximum absolute atomic E-state index is 12.3. The highest BCUT2D eigenvalue weighted by atomic mass is 16.5. The highest BCUT2D eigenvalue weighted by Gasteiger charge is 2.14. The number of rotatable bonds is 3. The van der Waals surface area contributed by atoms with Gasteiger partial charge < -0.3 is 9.84 Å². The summed E-state index contributed by atoms with van der Waals surface area (Å²) in [5.74, 6) is -0.165. The fourth-order valence-corrected chi connectivity index (χ4v) is 2.17. The molecule has 0 unspecified atom stereocenters. The number of fused-ring (bicyclic) bond motifs is 1. The number of amides is 1. The minimum atomic E-state index is -0.165. The largest absolute Gasteiger partial charge is 0.345 e. The van der Waals surface area contributed by atoms with Crippen molar-refractivity contribution in [2.24, 2.45) is 0 Å². The molecule has 0 saturated carbocycles. The summed E-state index contributed by atoms with van der Waals surface area (Å²) >= 11 is 0. The predicted octanol–water partition coefficient (Wildman–Crippen LogP) is 3.02. The molecule has 0 bridgehead atoms. The van der Waals surface area contributed by atoms with E-state index in [-0.39, 0.29) is 11.9 Å². The molecule has 3 aromatic rings. The number of nitrogens with zero attached hydrogens (tertiary/aromatic N) is 2. The van der Waals surface area contributed by atoms with E-state index in [0.29, 0.717) is 11.3 Å². The lowest BCUT2D eigenvalue weighted by Crippen LogP contribution is -2.26. The molecule has 0 aliphatic carbocycles. The van der Waals surface area contributed by atoms with E-state index in [1.807, 2.05) is 44.2 Å². The third kappa shape index (κ3) is 2.63. The van der Waals surface area contributed by atoms with Gasteiger partial charge in [0.15, 0.2) is 0 Å². The number of aryl methyl sites for hydroxylation is 1. The zero-order valence-electron chi connectivity index (χ0n) is 11.8. The van der Waals surface area contributed by atoms with Gasteiger partial charge >= 0.3 is 0 Å². The zero-order valence-corrected chi connectivity index (χ0v) is 11.8. The van der Waals surface area contributed by atoms with Crippen LogP contribution in [-0.2, 0) is 0 Å². The first-order valence-corrected chi connectivity index (χ1v) is 6.73. The molecule has 0 radical (unpaired) electrons. The van der Waals surface area contributed by atoms with E-state index >= 15 is 0 Å². The molecule has 5 heteroatoms. The third-order valence-corrected chi connectivity index (χ3v) is 3.42. The fraction of sp³-hybridized carbons (Fsp3) is 0.188. The van der Waals surface area contributed by atoms with Crippen molar-refractivity contribution in [1.29, 1.82) is 0 Å². The van der Waals surface area contributed by atoms with E-state index in [4.69, 9.17) is 4.52 Å². The standard InChI is InChI=1S/C16H15N3O2/c1-10(12-6-4-3-5-7-12)18-15(20)13-8-14-11(2)19-21-16(14)17-9-13/h3-10H,1-2H3,(H,18,20)/t10-/m1/s1. The Morgan fingerprint density at radius 3 is 2.81 bits per heavy atom. The lowest BCUT2D eigenvalue weighted by atomic mass is 10.1. The Hall–Kier alpha value is -2.69. The molecule has 1 amide bonds. The first-order valence-electron chi connectivity index (χ1n) is 6.73. The molecule has 3 rings (SSSR count). The number of pyridine rings is 1. The smallest absolute Gasteiger partial charge is 0.257 e. The van der Waals surface area contributed by atoms with Crippen molar-refractivity contribution in [2.45, 2.75) is 19.9 Å². The van der Waals surface area contributed by atoms with Gasteiger partial charge in [-0.2, -0.15) is 0 Å². The van der Waals surface area contributed by atoms with Crippen molar-refractivity contribution in [3.8, 4) is 0 Å². The van der Waals surface area contributed by atoms with Crippen LogP contribution in [0.5, 0.6) is 0 Å².